The van der Waals surface area contributed by atoms with Crippen molar-refractivity contribution < 1.29 is 8.83 Å². The predicted octanol–water partition coefficient (Wildman–Crippen LogP) is 14.7. The Hall–Kier alpha value is -7.10. The molecular weight excluding hydrogens is 671 g/mol. The van der Waals surface area contributed by atoms with E-state index in [4.69, 9.17) is 8.83 Å². The molecule has 0 bridgehead atoms. The number of nitrogens with zero attached hydrogens (tertiary/aromatic N) is 1. The minimum absolute atomic E-state index is 0.215. The molecule has 2 aliphatic carbocycles. The van der Waals surface area contributed by atoms with Crippen LogP contribution in [-0.2, 0) is 0 Å². The lowest BCUT2D eigenvalue weighted by atomic mass is 9.80. The molecule has 3 heteroatoms. The molecule has 2 aromatic heterocycles. The fourth-order valence-electron chi connectivity index (χ4n) is 8.58. The van der Waals surface area contributed by atoms with Gasteiger partial charge in [0.1, 0.15) is 22.5 Å². The number of allylic oxidation sites excluding steroid dienone is 5. The largest absolute Gasteiger partial charge is 0.460 e. The monoisotopic (exact) mass is 705 g/mol. The van der Waals surface area contributed by atoms with E-state index >= 15 is 0 Å². The molecule has 0 aliphatic heterocycles. The summed E-state index contributed by atoms with van der Waals surface area (Å²) in [6.07, 6.45) is 13.4. The van der Waals surface area contributed by atoms with Crippen molar-refractivity contribution in [3.8, 4) is 33.4 Å². The van der Waals surface area contributed by atoms with Crippen molar-refractivity contribution in [2.45, 2.75) is 5.92 Å². The van der Waals surface area contributed by atoms with Crippen molar-refractivity contribution in [3.05, 3.63) is 205 Å². The van der Waals surface area contributed by atoms with Gasteiger partial charge >= 0.3 is 0 Å². The summed E-state index contributed by atoms with van der Waals surface area (Å²) in [4.78, 5) is 2.35. The Bertz CT molecular complexity index is 2980. The number of furan rings is 2. The third kappa shape index (κ3) is 5.27. The van der Waals surface area contributed by atoms with Gasteiger partial charge in [-0.05, 0) is 76.3 Å². The number of fused-ring (bicyclic) bond motifs is 8. The lowest BCUT2D eigenvalue weighted by molar-refractivity contribution is 0.492. The molecule has 2 unspecified atom stereocenters. The third-order valence-electron chi connectivity index (χ3n) is 11.2. The molecule has 55 heavy (non-hydrogen) atoms. The van der Waals surface area contributed by atoms with Crippen LogP contribution in [0.15, 0.2) is 203 Å². The quantitative estimate of drug-likeness (QED) is 0.172. The number of para-hydroxylation sites is 2. The van der Waals surface area contributed by atoms with Gasteiger partial charge in [0.15, 0.2) is 0 Å². The molecule has 0 saturated heterocycles. The number of anilines is 3. The highest BCUT2D eigenvalue weighted by atomic mass is 16.3. The maximum atomic E-state index is 6.62. The topological polar surface area (TPSA) is 29.5 Å². The van der Waals surface area contributed by atoms with Gasteiger partial charge in [0.05, 0.1) is 0 Å². The molecule has 0 saturated carbocycles. The molecule has 0 radical (unpaired) electrons. The molecule has 7 aromatic carbocycles. The van der Waals surface area contributed by atoms with Crippen LogP contribution in [0.4, 0.5) is 17.1 Å². The summed E-state index contributed by atoms with van der Waals surface area (Å²) in [5.41, 5.74) is 14.0. The lowest BCUT2D eigenvalue weighted by Crippen LogP contribution is -2.11. The summed E-state index contributed by atoms with van der Waals surface area (Å²) in [6, 6.07) is 58.2. The van der Waals surface area contributed by atoms with Gasteiger partial charge in [-0.25, -0.2) is 0 Å². The van der Waals surface area contributed by atoms with Gasteiger partial charge in [0, 0.05) is 56.2 Å². The number of hydrogen-bond donors (Lipinski definition) is 0. The average Bonchev–Trinajstić information content (AvgIpc) is 3.84. The Morgan fingerprint density at radius 3 is 1.95 bits per heavy atom. The van der Waals surface area contributed by atoms with Gasteiger partial charge < -0.3 is 13.7 Å². The molecule has 2 atom stereocenters. The summed E-state index contributed by atoms with van der Waals surface area (Å²) in [7, 11) is 0. The average molecular weight is 706 g/mol. The Morgan fingerprint density at radius 2 is 1.09 bits per heavy atom. The first-order chi connectivity index (χ1) is 27.3. The maximum absolute atomic E-state index is 6.62. The first-order valence-electron chi connectivity index (χ1n) is 18.9. The second kappa shape index (κ2) is 12.8. The van der Waals surface area contributed by atoms with Crippen molar-refractivity contribution in [1.29, 1.82) is 0 Å². The zero-order valence-corrected chi connectivity index (χ0v) is 30.0. The zero-order chi connectivity index (χ0) is 36.3. The summed E-state index contributed by atoms with van der Waals surface area (Å²) < 4.78 is 13.0. The van der Waals surface area contributed by atoms with Gasteiger partial charge in [-0.15, -0.1) is 0 Å². The predicted molar refractivity (Wildman–Crippen MR) is 228 cm³/mol. The van der Waals surface area contributed by atoms with Gasteiger partial charge in [-0.1, -0.05) is 152 Å². The Labute approximate surface area is 319 Å². The van der Waals surface area contributed by atoms with Crippen LogP contribution in [-0.4, -0.2) is 0 Å². The fraction of sp³-hybridized carbons (Fsp3) is 0.0385. The molecule has 0 amide bonds. The molecule has 0 N–H and O–H groups in total. The van der Waals surface area contributed by atoms with Crippen molar-refractivity contribution in [1.82, 2.24) is 0 Å². The van der Waals surface area contributed by atoms with Crippen LogP contribution in [0.5, 0.6) is 0 Å². The molecule has 0 spiro atoms. The highest BCUT2D eigenvalue weighted by Crippen LogP contribution is 2.46. The Morgan fingerprint density at radius 1 is 0.436 bits per heavy atom. The van der Waals surface area contributed by atoms with Crippen LogP contribution in [0.1, 0.15) is 17.2 Å². The van der Waals surface area contributed by atoms with Gasteiger partial charge in [-0.3, -0.25) is 0 Å². The standard InChI is InChI=1S/C52H35NO2/c1-2-11-34(12-3-1)35-23-28-39(29-24-35)53(40-30-25-37(26-31-40)44-19-9-20-46-45-17-6-7-21-48(45)54-51(44)46)41-15-8-14-38(33-41)42-18-10-22-49-50(42)47-32-27-36-13-4-5-16-43(36)52(47)55-49/h1-33,36,43H. The summed E-state index contributed by atoms with van der Waals surface area (Å²) in [5.74, 6) is 1.59. The van der Waals surface area contributed by atoms with Crippen LogP contribution >= 0.6 is 0 Å². The normalized spacial score (nSPS) is 15.8. The summed E-state index contributed by atoms with van der Waals surface area (Å²) in [6.45, 7) is 0. The van der Waals surface area contributed by atoms with Crippen LogP contribution in [0.2, 0.25) is 0 Å². The maximum Gasteiger partial charge on any atom is 0.143 e. The number of hydrogen-bond acceptors (Lipinski definition) is 3. The van der Waals surface area contributed by atoms with E-state index in [1.54, 1.807) is 0 Å². The first kappa shape index (κ1) is 31.4. The summed E-state index contributed by atoms with van der Waals surface area (Å²) >= 11 is 0. The Kier molecular flexibility index (Phi) is 7.31. The van der Waals surface area contributed by atoms with Crippen LogP contribution < -0.4 is 4.90 Å². The number of rotatable bonds is 6. The third-order valence-corrected chi connectivity index (χ3v) is 11.2. The van der Waals surface area contributed by atoms with E-state index in [2.05, 4.69) is 193 Å². The molecule has 2 aliphatic rings. The van der Waals surface area contributed by atoms with E-state index in [1.807, 2.05) is 12.1 Å². The highest BCUT2D eigenvalue weighted by molar-refractivity contribution is 6.09. The molecule has 0 fully saturated rings. The van der Waals surface area contributed by atoms with Gasteiger partial charge in [-0.2, -0.15) is 0 Å². The van der Waals surface area contributed by atoms with E-state index in [-0.39, 0.29) is 5.92 Å². The van der Waals surface area contributed by atoms with E-state index in [0.717, 1.165) is 78.0 Å². The minimum Gasteiger partial charge on any atom is -0.460 e. The second-order valence-electron chi connectivity index (χ2n) is 14.4. The highest BCUT2D eigenvalue weighted by Gasteiger charge is 2.30. The molecule has 2 heterocycles. The summed E-state index contributed by atoms with van der Waals surface area (Å²) in [5, 5.41) is 3.43. The van der Waals surface area contributed by atoms with Crippen LogP contribution in [0.3, 0.4) is 0 Å². The van der Waals surface area contributed by atoms with E-state index in [0.29, 0.717) is 5.92 Å². The number of benzene rings is 7. The first-order valence-corrected chi connectivity index (χ1v) is 18.9. The molecule has 9 aromatic rings. The Balaban J connectivity index is 1.03. The minimum atomic E-state index is 0.215. The molecule has 11 rings (SSSR count). The van der Waals surface area contributed by atoms with Crippen molar-refractivity contribution in [2.24, 2.45) is 5.92 Å². The lowest BCUT2D eigenvalue weighted by Gasteiger charge is -2.26. The second-order valence-corrected chi connectivity index (χ2v) is 14.4. The van der Waals surface area contributed by atoms with Crippen LogP contribution in [0.25, 0.3) is 72.4 Å². The fourth-order valence-corrected chi connectivity index (χ4v) is 8.58. The SMILES string of the molecule is C1=CC2C=Cc3c(oc4cccc(-c5cccc(N(c6ccc(-c7ccccc7)cc6)c6ccc(-c7cccc8c7oc7ccccc78)cc6)c5)c34)C2C=C1. The smallest absolute Gasteiger partial charge is 0.143 e. The van der Waals surface area contributed by atoms with E-state index < -0.39 is 0 Å². The van der Waals surface area contributed by atoms with Gasteiger partial charge in [0.2, 0.25) is 0 Å². The van der Waals surface area contributed by atoms with Crippen molar-refractivity contribution >= 4 is 56.0 Å². The van der Waals surface area contributed by atoms with Crippen molar-refractivity contribution in [3.63, 3.8) is 0 Å². The molecule has 3 nitrogen and oxygen atoms in total. The van der Waals surface area contributed by atoms with Gasteiger partial charge in [0.25, 0.3) is 0 Å². The van der Waals surface area contributed by atoms with E-state index in [1.165, 1.54) is 16.7 Å². The van der Waals surface area contributed by atoms with E-state index in [9.17, 15) is 0 Å². The molecule has 260 valence electrons. The van der Waals surface area contributed by atoms with Crippen LogP contribution in [0, 0.1) is 5.92 Å². The van der Waals surface area contributed by atoms with Crippen molar-refractivity contribution in [2.75, 3.05) is 4.90 Å². The molecular formula is C52H35NO2. The zero-order valence-electron chi connectivity index (χ0n) is 30.0.